The van der Waals surface area contributed by atoms with E-state index >= 15 is 0 Å². The Hall–Kier alpha value is -1.37. The molecule has 1 rings (SSSR count). The van der Waals surface area contributed by atoms with E-state index in [9.17, 15) is 4.79 Å². The molecule has 1 aromatic carbocycles. The Morgan fingerprint density at radius 2 is 1.84 bits per heavy atom. The van der Waals surface area contributed by atoms with Gasteiger partial charge in [0.2, 0.25) is 0 Å². The number of benzene rings is 1. The minimum Gasteiger partial charge on any atom is -0.299 e. The van der Waals surface area contributed by atoms with E-state index in [0.717, 1.165) is 6.42 Å². The number of hydrogen-bond acceptors (Lipinski definition) is 1. The fraction of sp³-hybridized carbons (Fsp3) is 0.500. The molecule has 2 atom stereocenters. The topological polar surface area (TPSA) is 17.1 Å². The van der Waals surface area contributed by atoms with Crippen molar-refractivity contribution in [1.82, 2.24) is 0 Å². The Kier molecular flexibility index (Phi) is 5.53. The van der Waals surface area contributed by atoms with Gasteiger partial charge in [-0.15, -0.1) is 6.58 Å². The summed E-state index contributed by atoms with van der Waals surface area (Å²) in [6.07, 6.45) is 3.50. The molecule has 1 heteroatoms. The van der Waals surface area contributed by atoms with E-state index in [4.69, 9.17) is 0 Å². The summed E-state index contributed by atoms with van der Waals surface area (Å²) in [5.74, 6) is 1.05. The summed E-state index contributed by atoms with van der Waals surface area (Å²) in [5.41, 5.74) is 0.996. The van der Waals surface area contributed by atoms with Crippen molar-refractivity contribution in [1.29, 1.82) is 0 Å². The van der Waals surface area contributed by atoms with Crippen LogP contribution in [-0.4, -0.2) is 5.78 Å². The number of ketones is 1. The molecule has 0 aliphatic rings. The standard InChI is InChI=1S/C18H26O/c1-6-10-14(2)16(13-17(19)18(3,4)5)15-11-8-7-9-12-15/h6-9,11-12,14,16H,1,10,13H2,2-5H3/t14-,16-/m0/s1. The number of allylic oxidation sites excluding steroid dienone is 1. The predicted molar refractivity (Wildman–Crippen MR) is 82.2 cm³/mol. The molecule has 0 heterocycles. The SMILES string of the molecule is C=CC[C@H](C)[C@H](CC(=O)C(C)(C)C)c1ccccc1. The van der Waals surface area contributed by atoms with Crippen molar-refractivity contribution >= 4 is 5.78 Å². The summed E-state index contributed by atoms with van der Waals surface area (Å²) in [7, 11) is 0. The number of Topliss-reactive ketones (excluding diaryl/α,β-unsaturated/α-hetero) is 1. The van der Waals surface area contributed by atoms with Crippen LogP contribution in [0, 0.1) is 11.3 Å². The second-order valence-corrected chi connectivity index (χ2v) is 6.40. The Morgan fingerprint density at radius 1 is 1.26 bits per heavy atom. The first kappa shape index (κ1) is 15.7. The first-order valence-corrected chi connectivity index (χ1v) is 7.05. The summed E-state index contributed by atoms with van der Waals surface area (Å²) in [6, 6.07) is 10.4. The highest BCUT2D eigenvalue weighted by Gasteiger charge is 2.27. The van der Waals surface area contributed by atoms with Gasteiger partial charge in [-0.2, -0.15) is 0 Å². The maximum Gasteiger partial charge on any atom is 0.138 e. The Labute approximate surface area is 117 Å². The molecule has 0 amide bonds. The number of carbonyl (C=O) groups is 1. The smallest absolute Gasteiger partial charge is 0.138 e. The van der Waals surface area contributed by atoms with E-state index in [1.165, 1.54) is 5.56 Å². The number of rotatable bonds is 6. The quantitative estimate of drug-likeness (QED) is 0.657. The van der Waals surface area contributed by atoms with Crippen LogP contribution in [0.1, 0.15) is 52.0 Å². The average molecular weight is 258 g/mol. The molecule has 0 unspecified atom stereocenters. The molecule has 0 aliphatic heterocycles. The highest BCUT2D eigenvalue weighted by molar-refractivity contribution is 5.84. The van der Waals surface area contributed by atoms with E-state index in [0.29, 0.717) is 18.1 Å². The van der Waals surface area contributed by atoms with E-state index in [1.807, 2.05) is 45.0 Å². The lowest BCUT2D eigenvalue weighted by Crippen LogP contribution is -2.24. The molecule has 0 spiro atoms. The van der Waals surface area contributed by atoms with E-state index < -0.39 is 0 Å². The predicted octanol–water partition coefficient (Wildman–Crippen LogP) is 4.99. The van der Waals surface area contributed by atoms with Gasteiger partial charge in [0, 0.05) is 11.8 Å². The summed E-state index contributed by atoms with van der Waals surface area (Å²) in [6.45, 7) is 12.0. The fourth-order valence-corrected chi connectivity index (χ4v) is 2.28. The third kappa shape index (κ3) is 4.66. The molecule has 1 aromatic rings. The van der Waals surface area contributed by atoms with Crippen molar-refractivity contribution in [2.24, 2.45) is 11.3 Å². The minimum atomic E-state index is -0.263. The Balaban J connectivity index is 2.94. The second kappa shape index (κ2) is 6.70. The van der Waals surface area contributed by atoms with Crippen molar-refractivity contribution < 1.29 is 4.79 Å². The molecule has 19 heavy (non-hydrogen) atoms. The van der Waals surface area contributed by atoms with Gasteiger partial charge in [-0.3, -0.25) is 4.79 Å². The molecule has 0 aromatic heterocycles. The number of carbonyl (C=O) groups excluding carboxylic acids is 1. The van der Waals surface area contributed by atoms with Crippen molar-refractivity contribution in [2.75, 3.05) is 0 Å². The molecule has 0 aliphatic carbocycles. The summed E-state index contributed by atoms with van der Waals surface area (Å²) in [4.78, 5) is 12.3. The highest BCUT2D eigenvalue weighted by atomic mass is 16.1. The lowest BCUT2D eigenvalue weighted by molar-refractivity contribution is -0.126. The third-order valence-electron chi connectivity index (χ3n) is 3.69. The van der Waals surface area contributed by atoms with Crippen molar-refractivity contribution in [3.05, 3.63) is 48.6 Å². The van der Waals surface area contributed by atoms with Crippen molar-refractivity contribution in [3.63, 3.8) is 0 Å². The van der Waals surface area contributed by atoms with Crippen LogP contribution < -0.4 is 0 Å². The van der Waals surface area contributed by atoms with Gasteiger partial charge in [0.25, 0.3) is 0 Å². The summed E-state index contributed by atoms with van der Waals surface area (Å²) in [5, 5.41) is 0. The molecule has 0 fully saturated rings. The molecule has 0 saturated heterocycles. The zero-order chi connectivity index (χ0) is 14.5. The van der Waals surface area contributed by atoms with Gasteiger partial charge in [0.05, 0.1) is 0 Å². The van der Waals surface area contributed by atoms with Gasteiger partial charge >= 0.3 is 0 Å². The molecule has 0 radical (unpaired) electrons. The molecule has 0 saturated carbocycles. The van der Waals surface area contributed by atoms with Crippen molar-refractivity contribution in [3.8, 4) is 0 Å². The van der Waals surface area contributed by atoms with E-state index in [1.54, 1.807) is 0 Å². The van der Waals surface area contributed by atoms with Crippen LogP contribution in [-0.2, 0) is 4.79 Å². The first-order valence-electron chi connectivity index (χ1n) is 7.05. The zero-order valence-electron chi connectivity index (χ0n) is 12.6. The van der Waals surface area contributed by atoms with E-state index in [-0.39, 0.29) is 11.3 Å². The second-order valence-electron chi connectivity index (χ2n) is 6.40. The fourth-order valence-electron chi connectivity index (χ4n) is 2.28. The van der Waals surface area contributed by atoms with Crippen LogP contribution in [0.5, 0.6) is 0 Å². The average Bonchev–Trinajstić information content (AvgIpc) is 2.35. The molecular weight excluding hydrogens is 232 g/mol. The van der Waals surface area contributed by atoms with Crippen LogP contribution in [0.4, 0.5) is 0 Å². The Morgan fingerprint density at radius 3 is 2.32 bits per heavy atom. The zero-order valence-corrected chi connectivity index (χ0v) is 12.6. The van der Waals surface area contributed by atoms with Crippen LogP contribution in [0.15, 0.2) is 43.0 Å². The van der Waals surface area contributed by atoms with Gasteiger partial charge in [-0.25, -0.2) is 0 Å². The lowest BCUT2D eigenvalue weighted by Gasteiger charge is -2.26. The monoisotopic (exact) mass is 258 g/mol. The van der Waals surface area contributed by atoms with Gasteiger partial charge in [0.1, 0.15) is 5.78 Å². The number of hydrogen-bond donors (Lipinski definition) is 0. The largest absolute Gasteiger partial charge is 0.299 e. The minimum absolute atomic E-state index is 0.263. The normalized spacial score (nSPS) is 14.7. The lowest BCUT2D eigenvalue weighted by atomic mass is 9.77. The molecule has 1 nitrogen and oxygen atoms in total. The maximum absolute atomic E-state index is 12.3. The molecule has 0 bridgehead atoms. The summed E-state index contributed by atoms with van der Waals surface area (Å²) < 4.78 is 0. The molecule has 104 valence electrons. The van der Waals surface area contributed by atoms with Crippen LogP contribution in [0.3, 0.4) is 0 Å². The maximum atomic E-state index is 12.3. The van der Waals surface area contributed by atoms with Gasteiger partial charge in [0.15, 0.2) is 0 Å². The summed E-state index contributed by atoms with van der Waals surface area (Å²) >= 11 is 0. The van der Waals surface area contributed by atoms with Gasteiger partial charge in [-0.1, -0.05) is 64.1 Å². The highest BCUT2D eigenvalue weighted by Crippen LogP contribution is 2.33. The van der Waals surface area contributed by atoms with Crippen molar-refractivity contribution in [2.45, 2.75) is 46.5 Å². The van der Waals surface area contributed by atoms with Crippen LogP contribution in [0.2, 0.25) is 0 Å². The van der Waals surface area contributed by atoms with E-state index in [2.05, 4.69) is 25.6 Å². The Bertz CT molecular complexity index is 411. The molecular formula is C18H26O. The van der Waals surface area contributed by atoms with Gasteiger partial charge in [-0.05, 0) is 23.8 Å². The molecule has 0 N–H and O–H groups in total. The van der Waals surface area contributed by atoms with Crippen LogP contribution in [0.25, 0.3) is 0 Å². The first-order chi connectivity index (χ1) is 8.86. The van der Waals surface area contributed by atoms with Crippen LogP contribution >= 0.6 is 0 Å². The third-order valence-corrected chi connectivity index (χ3v) is 3.69. The van der Waals surface area contributed by atoms with Gasteiger partial charge < -0.3 is 0 Å².